The van der Waals surface area contributed by atoms with Gasteiger partial charge in [0, 0.05) is 50.0 Å². The van der Waals surface area contributed by atoms with Gasteiger partial charge in [-0.2, -0.15) is 0 Å². The molecule has 0 spiro atoms. The Bertz CT molecular complexity index is 916. The Labute approximate surface area is 180 Å². The fourth-order valence-electron chi connectivity index (χ4n) is 3.69. The summed E-state index contributed by atoms with van der Waals surface area (Å²) < 4.78 is 0. The second kappa shape index (κ2) is 9.33. The molecule has 2 amide bonds. The summed E-state index contributed by atoms with van der Waals surface area (Å²) in [4.78, 5) is 29.6. The zero-order valence-corrected chi connectivity index (χ0v) is 18.7. The first-order valence-corrected chi connectivity index (χ1v) is 10.7. The van der Waals surface area contributed by atoms with Gasteiger partial charge < -0.3 is 15.1 Å². The minimum absolute atomic E-state index is 0.0171. The lowest BCUT2D eigenvalue weighted by atomic mass is 10.1. The van der Waals surface area contributed by atoms with E-state index in [1.54, 1.807) is 0 Å². The molecule has 30 heavy (non-hydrogen) atoms. The van der Waals surface area contributed by atoms with E-state index in [1.807, 2.05) is 82.2 Å². The molecule has 2 aromatic rings. The van der Waals surface area contributed by atoms with Crippen molar-refractivity contribution < 1.29 is 9.59 Å². The zero-order valence-electron chi connectivity index (χ0n) is 18.7. The van der Waals surface area contributed by atoms with Crippen molar-refractivity contribution >= 4 is 23.2 Å². The first kappa shape index (κ1) is 21.9. The zero-order chi connectivity index (χ0) is 21.8. The van der Waals surface area contributed by atoms with Gasteiger partial charge in [-0.3, -0.25) is 9.59 Å². The van der Waals surface area contributed by atoms with E-state index in [4.69, 9.17) is 0 Å². The summed E-state index contributed by atoms with van der Waals surface area (Å²) in [6, 6.07) is 14.0. The van der Waals surface area contributed by atoms with Crippen LogP contribution in [-0.2, 0) is 11.3 Å². The second-order valence-corrected chi connectivity index (χ2v) is 8.92. The molecule has 1 aliphatic rings. The molecule has 160 valence electrons. The van der Waals surface area contributed by atoms with E-state index in [0.29, 0.717) is 18.9 Å². The number of benzene rings is 2. The highest BCUT2D eigenvalue weighted by molar-refractivity contribution is 5.95. The number of aryl methyl sites for hydroxylation is 1. The quantitative estimate of drug-likeness (QED) is 0.680. The van der Waals surface area contributed by atoms with Crippen molar-refractivity contribution in [2.24, 2.45) is 5.92 Å². The largest absolute Gasteiger partial charge is 0.377 e. The lowest BCUT2D eigenvalue weighted by molar-refractivity contribution is -0.116. The van der Waals surface area contributed by atoms with E-state index < -0.39 is 0 Å². The van der Waals surface area contributed by atoms with Crippen LogP contribution >= 0.6 is 0 Å². The Balaban J connectivity index is 1.86. The van der Waals surface area contributed by atoms with E-state index in [2.05, 4.69) is 10.2 Å². The molecule has 1 N–H and O–H groups in total. The fraction of sp³-hybridized carbons (Fsp3) is 0.440. The van der Waals surface area contributed by atoms with Crippen LogP contribution in [-0.4, -0.2) is 36.9 Å². The number of rotatable bonds is 8. The van der Waals surface area contributed by atoms with Crippen LogP contribution in [0, 0.1) is 12.8 Å². The SMILES string of the molecule is Cc1cccc(C(=O)N(Cc2cc(NC(=O)CC(C)C)ccc2N(C)C)C2CC2)c1. The topological polar surface area (TPSA) is 52.7 Å². The molecule has 2 aromatic carbocycles. The molecule has 1 saturated carbocycles. The number of anilines is 2. The first-order chi connectivity index (χ1) is 14.2. The Morgan fingerprint density at radius 3 is 2.43 bits per heavy atom. The number of nitrogens with one attached hydrogen (secondary N) is 1. The molecule has 0 aromatic heterocycles. The van der Waals surface area contributed by atoms with Gasteiger partial charge in [0.2, 0.25) is 5.91 Å². The number of hydrogen-bond acceptors (Lipinski definition) is 3. The van der Waals surface area contributed by atoms with Crippen LogP contribution in [0.25, 0.3) is 0 Å². The third kappa shape index (κ3) is 5.62. The molecule has 0 saturated heterocycles. The number of hydrogen-bond donors (Lipinski definition) is 1. The van der Waals surface area contributed by atoms with Crippen molar-refractivity contribution in [3.8, 4) is 0 Å². The van der Waals surface area contributed by atoms with Gasteiger partial charge in [0.05, 0.1) is 0 Å². The average Bonchev–Trinajstić information content (AvgIpc) is 3.50. The molecule has 0 radical (unpaired) electrons. The standard InChI is InChI=1S/C25H33N3O2/c1-17(2)13-24(29)26-21-9-12-23(27(4)5)20(15-21)16-28(22-10-11-22)25(30)19-8-6-7-18(3)14-19/h6-9,12,14-15,17,22H,10-11,13,16H2,1-5H3,(H,26,29). The van der Waals surface area contributed by atoms with Gasteiger partial charge in [-0.15, -0.1) is 0 Å². The highest BCUT2D eigenvalue weighted by atomic mass is 16.2. The summed E-state index contributed by atoms with van der Waals surface area (Å²) >= 11 is 0. The Hall–Kier alpha value is -2.82. The van der Waals surface area contributed by atoms with Crippen LogP contribution in [0.3, 0.4) is 0 Å². The molecule has 3 rings (SSSR count). The Morgan fingerprint density at radius 1 is 1.10 bits per heavy atom. The minimum atomic E-state index is 0.0171. The second-order valence-electron chi connectivity index (χ2n) is 8.92. The highest BCUT2D eigenvalue weighted by Crippen LogP contribution is 2.33. The summed E-state index contributed by atoms with van der Waals surface area (Å²) in [6.45, 7) is 6.60. The van der Waals surface area contributed by atoms with Gasteiger partial charge in [0.1, 0.15) is 0 Å². The van der Waals surface area contributed by atoms with Crippen LogP contribution in [0.2, 0.25) is 0 Å². The molecule has 5 nitrogen and oxygen atoms in total. The van der Waals surface area contributed by atoms with Gasteiger partial charge in [-0.1, -0.05) is 31.5 Å². The molecule has 0 unspecified atom stereocenters. The monoisotopic (exact) mass is 407 g/mol. The smallest absolute Gasteiger partial charge is 0.254 e. The third-order valence-corrected chi connectivity index (χ3v) is 5.29. The van der Waals surface area contributed by atoms with E-state index in [-0.39, 0.29) is 17.9 Å². The van der Waals surface area contributed by atoms with Crippen molar-refractivity contribution in [1.29, 1.82) is 0 Å². The third-order valence-electron chi connectivity index (χ3n) is 5.29. The van der Waals surface area contributed by atoms with E-state index in [1.165, 1.54) is 0 Å². The summed E-state index contributed by atoms with van der Waals surface area (Å²) in [5, 5.41) is 3.01. The van der Waals surface area contributed by atoms with Crippen molar-refractivity contribution in [3.63, 3.8) is 0 Å². The van der Waals surface area contributed by atoms with Crippen molar-refractivity contribution in [2.45, 2.75) is 52.6 Å². The van der Waals surface area contributed by atoms with Crippen molar-refractivity contribution in [2.75, 3.05) is 24.3 Å². The lowest BCUT2D eigenvalue weighted by Gasteiger charge is -2.26. The molecule has 1 aliphatic carbocycles. The van der Waals surface area contributed by atoms with Crippen LogP contribution in [0.5, 0.6) is 0 Å². The maximum atomic E-state index is 13.3. The minimum Gasteiger partial charge on any atom is -0.377 e. The molecule has 0 atom stereocenters. The molecule has 0 heterocycles. The van der Waals surface area contributed by atoms with Crippen LogP contribution in [0.1, 0.15) is 54.6 Å². The molecular weight excluding hydrogens is 374 g/mol. The highest BCUT2D eigenvalue weighted by Gasteiger charge is 2.33. The molecule has 5 heteroatoms. The van der Waals surface area contributed by atoms with Crippen LogP contribution in [0.4, 0.5) is 11.4 Å². The maximum Gasteiger partial charge on any atom is 0.254 e. The predicted molar refractivity (Wildman–Crippen MR) is 123 cm³/mol. The molecular formula is C25H33N3O2. The van der Waals surface area contributed by atoms with Crippen LogP contribution in [0.15, 0.2) is 42.5 Å². The van der Waals surface area contributed by atoms with E-state index in [9.17, 15) is 9.59 Å². The first-order valence-electron chi connectivity index (χ1n) is 10.7. The maximum absolute atomic E-state index is 13.3. The van der Waals surface area contributed by atoms with Crippen molar-refractivity contribution in [1.82, 2.24) is 4.90 Å². The molecule has 0 aliphatic heterocycles. The predicted octanol–water partition coefficient (Wildman–Crippen LogP) is 4.85. The Morgan fingerprint density at radius 2 is 1.83 bits per heavy atom. The summed E-state index contributed by atoms with van der Waals surface area (Å²) in [7, 11) is 4.00. The van der Waals surface area contributed by atoms with Crippen molar-refractivity contribution in [3.05, 3.63) is 59.2 Å². The van der Waals surface area contributed by atoms with Gasteiger partial charge in [0.15, 0.2) is 0 Å². The van der Waals surface area contributed by atoms with Gasteiger partial charge >= 0.3 is 0 Å². The Kier molecular flexibility index (Phi) is 6.80. The van der Waals surface area contributed by atoms with Crippen LogP contribution < -0.4 is 10.2 Å². The van der Waals surface area contributed by atoms with Gasteiger partial charge in [-0.05, 0) is 61.6 Å². The number of carbonyl (C=O) groups excluding carboxylic acids is 2. The fourth-order valence-corrected chi connectivity index (χ4v) is 3.69. The van der Waals surface area contributed by atoms with E-state index in [0.717, 1.165) is 40.9 Å². The normalized spacial score (nSPS) is 13.3. The average molecular weight is 408 g/mol. The van der Waals surface area contributed by atoms with Gasteiger partial charge in [-0.25, -0.2) is 0 Å². The number of nitrogens with zero attached hydrogens (tertiary/aromatic N) is 2. The molecule has 1 fully saturated rings. The van der Waals surface area contributed by atoms with E-state index >= 15 is 0 Å². The summed E-state index contributed by atoms with van der Waals surface area (Å²) in [6.07, 6.45) is 2.57. The lowest BCUT2D eigenvalue weighted by Crippen LogP contribution is -2.33. The van der Waals surface area contributed by atoms with Gasteiger partial charge in [0.25, 0.3) is 5.91 Å². The number of amides is 2. The number of carbonyl (C=O) groups is 2. The summed E-state index contributed by atoms with van der Waals surface area (Å²) in [5.74, 6) is 0.395. The summed E-state index contributed by atoms with van der Waals surface area (Å²) in [5.41, 5.74) is 4.69. The molecule has 0 bridgehead atoms.